The van der Waals surface area contributed by atoms with Crippen LogP contribution in [0.25, 0.3) is 22.2 Å². The van der Waals surface area contributed by atoms with Gasteiger partial charge in [0.1, 0.15) is 5.82 Å². The zero-order valence-electron chi connectivity index (χ0n) is 19.5. The number of fused-ring (bicyclic) bond motifs is 1. The molecule has 0 saturated heterocycles. The van der Waals surface area contributed by atoms with Gasteiger partial charge in [-0.2, -0.15) is 5.26 Å². The van der Waals surface area contributed by atoms with E-state index < -0.39 is 0 Å². The standard InChI is InChI=1S/C26H25N3.C2H7N/c1-3-4-12-25-28-24-11-7-8-19(2)26(24)29(25)18-20-13-15-21(16-14-20)23-10-6-5-9-22(23)17-27;1-3-2/h5-11,13-16H,3-4,12,18H2,1-2H3;3H,1-2H3. The van der Waals surface area contributed by atoms with Gasteiger partial charge < -0.3 is 9.88 Å². The molecule has 0 amide bonds. The van der Waals surface area contributed by atoms with Crippen LogP contribution in [0.5, 0.6) is 0 Å². The van der Waals surface area contributed by atoms with Gasteiger partial charge in [-0.15, -0.1) is 0 Å². The highest BCUT2D eigenvalue weighted by atomic mass is 15.1. The van der Waals surface area contributed by atoms with Crippen molar-refractivity contribution in [2.24, 2.45) is 0 Å². The van der Waals surface area contributed by atoms with Crippen molar-refractivity contribution in [3.8, 4) is 17.2 Å². The van der Waals surface area contributed by atoms with Crippen LogP contribution in [0.3, 0.4) is 0 Å². The monoisotopic (exact) mass is 424 g/mol. The normalized spacial score (nSPS) is 10.5. The molecule has 3 aromatic carbocycles. The zero-order valence-corrected chi connectivity index (χ0v) is 19.5. The summed E-state index contributed by atoms with van der Waals surface area (Å²) in [7, 11) is 3.75. The average molecular weight is 425 g/mol. The van der Waals surface area contributed by atoms with Gasteiger partial charge in [0.05, 0.1) is 22.7 Å². The molecular formula is C28H32N4. The second-order valence-electron chi connectivity index (χ2n) is 8.01. The summed E-state index contributed by atoms with van der Waals surface area (Å²) in [5.74, 6) is 1.16. The summed E-state index contributed by atoms with van der Waals surface area (Å²) in [5, 5.41) is 12.1. The van der Waals surface area contributed by atoms with E-state index in [1.165, 1.54) is 16.6 Å². The summed E-state index contributed by atoms with van der Waals surface area (Å²) >= 11 is 0. The van der Waals surface area contributed by atoms with Crippen LogP contribution in [-0.2, 0) is 13.0 Å². The van der Waals surface area contributed by atoms with Gasteiger partial charge in [0.15, 0.2) is 0 Å². The van der Waals surface area contributed by atoms with Gasteiger partial charge in [-0.1, -0.05) is 67.9 Å². The molecule has 0 radical (unpaired) electrons. The molecule has 4 rings (SSSR count). The van der Waals surface area contributed by atoms with Crippen LogP contribution in [0.4, 0.5) is 0 Å². The number of benzene rings is 3. The molecule has 164 valence electrons. The minimum Gasteiger partial charge on any atom is -0.323 e. The number of rotatable bonds is 6. The zero-order chi connectivity index (χ0) is 22.9. The number of unbranched alkanes of at least 4 members (excludes halogenated alkanes) is 1. The van der Waals surface area contributed by atoms with Crippen molar-refractivity contribution < 1.29 is 0 Å². The maximum absolute atomic E-state index is 9.37. The van der Waals surface area contributed by atoms with Gasteiger partial charge in [0, 0.05) is 13.0 Å². The van der Waals surface area contributed by atoms with Gasteiger partial charge in [0.25, 0.3) is 0 Å². The summed E-state index contributed by atoms with van der Waals surface area (Å²) < 4.78 is 2.37. The van der Waals surface area contributed by atoms with E-state index in [0.717, 1.165) is 48.3 Å². The molecule has 0 bridgehead atoms. The van der Waals surface area contributed by atoms with Crippen molar-refractivity contribution in [2.45, 2.75) is 39.7 Å². The lowest BCUT2D eigenvalue weighted by Gasteiger charge is -2.12. The Morgan fingerprint density at radius 1 is 0.969 bits per heavy atom. The van der Waals surface area contributed by atoms with Crippen LogP contribution >= 0.6 is 0 Å². The van der Waals surface area contributed by atoms with Gasteiger partial charge in [-0.05, 0) is 61.8 Å². The first-order chi connectivity index (χ1) is 15.6. The quantitative estimate of drug-likeness (QED) is 0.406. The van der Waals surface area contributed by atoms with Gasteiger partial charge in [0.2, 0.25) is 0 Å². The fourth-order valence-electron chi connectivity index (χ4n) is 3.91. The van der Waals surface area contributed by atoms with Crippen LogP contribution in [0.15, 0.2) is 66.7 Å². The first-order valence-corrected chi connectivity index (χ1v) is 11.2. The Kier molecular flexibility index (Phi) is 8.19. The van der Waals surface area contributed by atoms with Crippen molar-refractivity contribution in [1.29, 1.82) is 5.26 Å². The number of hydrogen-bond acceptors (Lipinski definition) is 3. The predicted octanol–water partition coefficient (Wildman–Crippen LogP) is 6.11. The summed E-state index contributed by atoms with van der Waals surface area (Å²) in [4.78, 5) is 4.92. The molecule has 1 heterocycles. The molecule has 0 unspecified atom stereocenters. The molecule has 0 aliphatic heterocycles. The first kappa shape index (κ1) is 23.2. The summed E-state index contributed by atoms with van der Waals surface area (Å²) in [6.45, 7) is 5.18. The van der Waals surface area contributed by atoms with Crippen LogP contribution in [-0.4, -0.2) is 23.6 Å². The minimum atomic E-state index is 0.707. The maximum atomic E-state index is 9.37. The molecule has 1 N–H and O–H groups in total. The molecule has 0 atom stereocenters. The largest absolute Gasteiger partial charge is 0.323 e. The molecule has 1 aromatic heterocycles. The Morgan fingerprint density at radius 3 is 2.38 bits per heavy atom. The molecular weight excluding hydrogens is 392 g/mol. The third-order valence-electron chi connectivity index (χ3n) is 5.45. The van der Waals surface area contributed by atoms with Gasteiger partial charge in [-0.25, -0.2) is 4.98 Å². The number of para-hydroxylation sites is 1. The Balaban J connectivity index is 0.000000913. The Labute approximate surface area is 191 Å². The third-order valence-corrected chi connectivity index (χ3v) is 5.45. The first-order valence-electron chi connectivity index (χ1n) is 11.2. The van der Waals surface area contributed by atoms with E-state index in [2.05, 4.69) is 72.3 Å². The number of aromatic nitrogens is 2. The number of nitrogens with zero attached hydrogens (tertiary/aromatic N) is 3. The number of nitrogens with one attached hydrogen (secondary N) is 1. The van der Waals surface area contributed by atoms with Gasteiger partial charge in [-0.3, -0.25) is 0 Å². The second-order valence-corrected chi connectivity index (χ2v) is 8.01. The van der Waals surface area contributed by atoms with E-state index in [-0.39, 0.29) is 0 Å². The number of nitriles is 1. The predicted molar refractivity (Wildman–Crippen MR) is 134 cm³/mol. The lowest BCUT2D eigenvalue weighted by molar-refractivity contribution is 0.689. The smallest absolute Gasteiger partial charge is 0.110 e. The Morgan fingerprint density at radius 2 is 1.69 bits per heavy atom. The van der Waals surface area contributed by atoms with Crippen LogP contribution in [0, 0.1) is 18.3 Å². The molecule has 0 fully saturated rings. The van der Waals surface area contributed by atoms with E-state index in [1.54, 1.807) is 0 Å². The van der Waals surface area contributed by atoms with E-state index in [4.69, 9.17) is 4.98 Å². The van der Waals surface area contributed by atoms with Gasteiger partial charge >= 0.3 is 0 Å². The molecule has 0 saturated carbocycles. The minimum absolute atomic E-state index is 0.707. The molecule has 4 nitrogen and oxygen atoms in total. The molecule has 0 aliphatic rings. The van der Waals surface area contributed by atoms with Crippen LogP contribution < -0.4 is 5.32 Å². The lowest BCUT2D eigenvalue weighted by atomic mass is 9.99. The second kappa shape index (κ2) is 11.3. The number of hydrogen-bond donors (Lipinski definition) is 1. The highest BCUT2D eigenvalue weighted by molar-refractivity contribution is 5.79. The van der Waals surface area contributed by atoms with E-state index in [0.29, 0.717) is 5.56 Å². The Hall–Kier alpha value is -3.42. The van der Waals surface area contributed by atoms with Crippen molar-refractivity contribution >= 4 is 11.0 Å². The van der Waals surface area contributed by atoms with Crippen molar-refractivity contribution in [2.75, 3.05) is 14.1 Å². The molecule has 32 heavy (non-hydrogen) atoms. The summed E-state index contributed by atoms with van der Waals surface area (Å²) in [6.07, 6.45) is 3.31. The fourth-order valence-corrected chi connectivity index (χ4v) is 3.91. The van der Waals surface area contributed by atoms with E-state index in [1.807, 2.05) is 38.4 Å². The summed E-state index contributed by atoms with van der Waals surface area (Å²) in [6, 6.07) is 24.9. The number of imidazole rings is 1. The number of aryl methyl sites for hydroxylation is 2. The molecule has 0 aliphatic carbocycles. The summed E-state index contributed by atoms with van der Waals surface area (Å²) in [5.41, 5.74) is 7.57. The topological polar surface area (TPSA) is 53.6 Å². The highest BCUT2D eigenvalue weighted by Crippen LogP contribution is 2.26. The maximum Gasteiger partial charge on any atom is 0.110 e. The SMILES string of the molecule is CCCCc1nc2cccc(C)c2n1Cc1ccc(-c2ccccc2C#N)cc1.CNC. The third kappa shape index (κ3) is 5.25. The molecule has 4 aromatic rings. The lowest BCUT2D eigenvalue weighted by Crippen LogP contribution is -2.06. The Bertz CT molecular complexity index is 1200. The average Bonchev–Trinajstić information content (AvgIpc) is 3.17. The molecule has 4 heteroatoms. The fraction of sp³-hybridized carbons (Fsp3) is 0.286. The van der Waals surface area contributed by atoms with Crippen molar-refractivity contribution in [3.05, 3.63) is 89.2 Å². The molecule has 0 spiro atoms. The van der Waals surface area contributed by atoms with Crippen LogP contribution in [0.2, 0.25) is 0 Å². The van der Waals surface area contributed by atoms with Crippen LogP contribution in [0.1, 0.15) is 42.3 Å². The van der Waals surface area contributed by atoms with E-state index in [9.17, 15) is 5.26 Å². The highest BCUT2D eigenvalue weighted by Gasteiger charge is 2.13. The van der Waals surface area contributed by atoms with Crippen molar-refractivity contribution in [3.63, 3.8) is 0 Å². The van der Waals surface area contributed by atoms with E-state index >= 15 is 0 Å². The van der Waals surface area contributed by atoms with Crippen molar-refractivity contribution in [1.82, 2.24) is 14.9 Å².